The molecule has 1 atom stereocenters. The van der Waals surface area contributed by atoms with Gasteiger partial charge in [0.05, 0.1) is 11.7 Å². The predicted molar refractivity (Wildman–Crippen MR) is 116 cm³/mol. The van der Waals surface area contributed by atoms with Gasteiger partial charge in [-0.05, 0) is 58.0 Å². The van der Waals surface area contributed by atoms with E-state index < -0.39 is 0 Å². The van der Waals surface area contributed by atoms with Crippen LogP contribution in [-0.2, 0) is 0 Å². The maximum atomic E-state index is 4.02. The first-order valence-corrected chi connectivity index (χ1v) is 9.95. The minimum absolute atomic E-state index is 0.162. The topological polar surface area (TPSA) is 15.3 Å². The van der Waals surface area contributed by atoms with Gasteiger partial charge in [0.25, 0.3) is 0 Å². The first kappa shape index (κ1) is 20.2. The van der Waals surface area contributed by atoms with Crippen LogP contribution in [0, 0.1) is 6.92 Å². The summed E-state index contributed by atoms with van der Waals surface area (Å²) in [5.74, 6) is 0. The molecular formula is C23H30N2S. The molecule has 0 radical (unpaired) electrons. The van der Waals surface area contributed by atoms with E-state index in [0.717, 1.165) is 6.54 Å². The van der Waals surface area contributed by atoms with Gasteiger partial charge in [-0.1, -0.05) is 49.1 Å². The zero-order valence-corrected chi connectivity index (χ0v) is 17.4. The predicted octanol–water partition coefficient (Wildman–Crippen LogP) is 6.16. The second-order valence-electron chi connectivity index (χ2n) is 6.23. The summed E-state index contributed by atoms with van der Waals surface area (Å²) in [7, 11) is 2.03. The minimum atomic E-state index is 0.162. The van der Waals surface area contributed by atoms with Crippen molar-refractivity contribution in [3.05, 3.63) is 87.8 Å². The van der Waals surface area contributed by atoms with Crippen molar-refractivity contribution in [1.29, 1.82) is 0 Å². The zero-order valence-electron chi connectivity index (χ0n) is 16.5. The first-order chi connectivity index (χ1) is 12.6. The van der Waals surface area contributed by atoms with E-state index in [1.165, 1.54) is 32.3 Å². The van der Waals surface area contributed by atoms with Gasteiger partial charge in [0.2, 0.25) is 0 Å². The van der Waals surface area contributed by atoms with Crippen LogP contribution in [0.2, 0.25) is 0 Å². The van der Waals surface area contributed by atoms with Gasteiger partial charge in [-0.15, -0.1) is 11.3 Å². The third kappa shape index (κ3) is 4.35. The second-order valence-corrected chi connectivity index (χ2v) is 7.55. The van der Waals surface area contributed by atoms with Crippen LogP contribution in [0.15, 0.2) is 72.5 Å². The molecule has 0 fully saturated rings. The van der Waals surface area contributed by atoms with Crippen LogP contribution in [0.25, 0.3) is 5.70 Å². The number of rotatable bonds is 8. The number of thiophene rings is 1. The molecule has 0 saturated carbocycles. The Bertz CT molecular complexity index is 784. The van der Waals surface area contributed by atoms with Crippen molar-refractivity contribution in [1.82, 2.24) is 10.2 Å². The summed E-state index contributed by atoms with van der Waals surface area (Å²) in [6, 6.07) is 15.2. The Morgan fingerprint density at radius 1 is 1.23 bits per heavy atom. The molecule has 0 aliphatic rings. The van der Waals surface area contributed by atoms with Crippen molar-refractivity contribution >= 4 is 17.0 Å². The third-order valence-electron chi connectivity index (χ3n) is 4.55. The number of aryl methyl sites for hydroxylation is 1. The molecule has 0 aliphatic heterocycles. The van der Waals surface area contributed by atoms with E-state index in [4.69, 9.17) is 0 Å². The molecule has 0 amide bonds. The van der Waals surface area contributed by atoms with Crippen LogP contribution in [-0.4, -0.2) is 18.5 Å². The largest absolute Gasteiger partial charge is 0.343 e. The maximum absolute atomic E-state index is 4.02. The lowest BCUT2D eigenvalue weighted by molar-refractivity contribution is 0.447. The van der Waals surface area contributed by atoms with Gasteiger partial charge in [-0.2, -0.15) is 0 Å². The van der Waals surface area contributed by atoms with E-state index in [9.17, 15) is 0 Å². The summed E-state index contributed by atoms with van der Waals surface area (Å²) < 4.78 is 0. The van der Waals surface area contributed by atoms with Crippen LogP contribution in [0.1, 0.15) is 42.1 Å². The number of allylic oxidation sites excluding steroid dienone is 3. The third-order valence-corrected chi connectivity index (χ3v) is 5.62. The number of nitrogens with one attached hydrogen (secondary N) is 1. The molecule has 2 aromatic rings. The van der Waals surface area contributed by atoms with E-state index in [-0.39, 0.29) is 6.04 Å². The van der Waals surface area contributed by atoms with Crippen molar-refractivity contribution in [3.63, 3.8) is 0 Å². The van der Waals surface area contributed by atoms with Gasteiger partial charge < -0.3 is 10.2 Å². The minimum Gasteiger partial charge on any atom is -0.343 e. The van der Waals surface area contributed by atoms with Crippen molar-refractivity contribution in [2.45, 2.75) is 33.7 Å². The second kappa shape index (κ2) is 9.56. The number of nitrogens with zero attached hydrogens (tertiary/aromatic N) is 1. The summed E-state index contributed by atoms with van der Waals surface area (Å²) in [5, 5.41) is 3.51. The monoisotopic (exact) mass is 366 g/mol. The quantitative estimate of drug-likeness (QED) is 0.563. The average molecular weight is 367 g/mol. The first-order valence-electron chi connectivity index (χ1n) is 9.13. The maximum Gasteiger partial charge on any atom is 0.0819 e. The van der Waals surface area contributed by atoms with Gasteiger partial charge in [-0.25, -0.2) is 0 Å². The lowest BCUT2D eigenvalue weighted by atomic mass is 10.0. The molecule has 2 nitrogen and oxygen atoms in total. The summed E-state index contributed by atoms with van der Waals surface area (Å²) in [6.07, 6.45) is 4.17. The average Bonchev–Trinajstić information content (AvgIpc) is 3.10. The summed E-state index contributed by atoms with van der Waals surface area (Å²) in [4.78, 5) is 5.07. The van der Waals surface area contributed by atoms with Crippen molar-refractivity contribution in [2.24, 2.45) is 0 Å². The smallest absolute Gasteiger partial charge is 0.0819 e. The normalized spacial score (nSPS) is 14.0. The fourth-order valence-corrected chi connectivity index (χ4v) is 4.28. The summed E-state index contributed by atoms with van der Waals surface area (Å²) in [6.45, 7) is 13.5. The Hall–Kier alpha value is -2.10. The molecular weight excluding hydrogens is 336 g/mol. The van der Waals surface area contributed by atoms with Crippen LogP contribution in [0.3, 0.4) is 0 Å². The standard InChI is InChI=1S/C23H30N2S/c1-7-17(4)23(19-13-11-10-12-14-19)25(9-3)20(8-2)22(24-6)21-16-15-18(5)26-21/h7-8,10-16,22,24H,1,9H2,2-6H3/b20-8+,23-17+. The highest BCUT2D eigenvalue weighted by molar-refractivity contribution is 7.12. The van der Waals surface area contributed by atoms with E-state index >= 15 is 0 Å². The number of benzene rings is 1. The highest BCUT2D eigenvalue weighted by Gasteiger charge is 2.24. The Morgan fingerprint density at radius 2 is 1.92 bits per heavy atom. The van der Waals surface area contributed by atoms with Crippen molar-refractivity contribution in [2.75, 3.05) is 13.6 Å². The van der Waals surface area contributed by atoms with E-state index in [1.807, 2.05) is 24.5 Å². The molecule has 1 aromatic carbocycles. The molecule has 2 rings (SSSR count). The van der Waals surface area contributed by atoms with Crippen LogP contribution >= 0.6 is 11.3 Å². The van der Waals surface area contributed by atoms with Gasteiger partial charge in [-0.3, -0.25) is 0 Å². The van der Waals surface area contributed by atoms with Gasteiger partial charge in [0.15, 0.2) is 0 Å². The van der Waals surface area contributed by atoms with Crippen LogP contribution in [0.5, 0.6) is 0 Å². The van der Waals surface area contributed by atoms with Crippen LogP contribution in [0.4, 0.5) is 0 Å². The van der Waals surface area contributed by atoms with Gasteiger partial charge in [0.1, 0.15) is 0 Å². The van der Waals surface area contributed by atoms with Gasteiger partial charge >= 0.3 is 0 Å². The zero-order chi connectivity index (χ0) is 19.1. The van der Waals surface area contributed by atoms with Crippen molar-refractivity contribution < 1.29 is 0 Å². The molecule has 3 heteroatoms. The Morgan fingerprint density at radius 3 is 2.38 bits per heavy atom. The lowest BCUT2D eigenvalue weighted by Crippen LogP contribution is -2.31. The molecule has 1 aromatic heterocycles. The number of hydrogen-bond donors (Lipinski definition) is 1. The molecule has 0 bridgehead atoms. The number of likely N-dealkylation sites (N-methyl/N-ethyl adjacent to an activating group) is 2. The Balaban J connectivity index is 2.56. The van der Waals surface area contributed by atoms with E-state index in [0.29, 0.717) is 0 Å². The molecule has 1 N–H and O–H groups in total. The van der Waals surface area contributed by atoms with Gasteiger partial charge in [0, 0.05) is 22.0 Å². The summed E-state index contributed by atoms with van der Waals surface area (Å²) in [5.41, 5.74) is 4.86. The molecule has 1 heterocycles. The fraction of sp³-hybridized carbons (Fsp3) is 0.304. The van der Waals surface area contributed by atoms with E-state index in [2.05, 4.69) is 93.0 Å². The lowest BCUT2D eigenvalue weighted by Gasteiger charge is -2.34. The van der Waals surface area contributed by atoms with Crippen molar-refractivity contribution in [3.8, 4) is 0 Å². The molecule has 26 heavy (non-hydrogen) atoms. The van der Waals surface area contributed by atoms with Crippen LogP contribution < -0.4 is 5.32 Å². The molecule has 138 valence electrons. The molecule has 1 unspecified atom stereocenters. The highest BCUT2D eigenvalue weighted by Crippen LogP contribution is 2.35. The SMILES string of the molecule is C=C/C(C)=C(\c1ccccc1)N(CC)/C(=C/C)C(NC)c1ccc(C)s1. The van der Waals surface area contributed by atoms with E-state index in [1.54, 1.807) is 0 Å². The molecule has 0 saturated heterocycles. The molecule has 0 spiro atoms. The fourth-order valence-electron chi connectivity index (χ4n) is 3.28. The summed E-state index contributed by atoms with van der Waals surface area (Å²) >= 11 is 1.85. The Labute approximate surface area is 162 Å². The number of hydrogen-bond acceptors (Lipinski definition) is 3. The highest BCUT2D eigenvalue weighted by atomic mass is 32.1. The Kier molecular flexibility index (Phi) is 7.43. The molecule has 0 aliphatic carbocycles.